The predicted molar refractivity (Wildman–Crippen MR) is 99.5 cm³/mol. The first-order valence-corrected chi connectivity index (χ1v) is 8.47. The molecule has 1 unspecified atom stereocenters. The van der Waals surface area contributed by atoms with E-state index in [1.807, 2.05) is 6.07 Å². The van der Waals surface area contributed by atoms with E-state index >= 15 is 0 Å². The lowest BCUT2D eigenvalue weighted by molar-refractivity contribution is -0.137. The van der Waals surface area contributed by atoms with E-state index in [1.54, 1.807) is 41.8 Å². The first-order valence-electron chi connectivity index (χ1n) is 8.47. The minimum absolute atomic E-state index is 0.137. The molecule has 0 aliphatic rings. The van der Waals surface area contributed by atoms with Crippen LogP contribution in [0.3, 0.4) is 0 Å². The van der Waals surface area contributed by atoms with Crippen molar-refractivity contribution in [2.75, 3.05) is 0 Å². The van der Waals surface area contributed by atoms with Crippen LogP contribution in [0.15, 0.2) is 55.0 Å². The third-order valence-electron chi connectivity index (χ3n) is 4.14. The molecule has 2 aromatic heterocycles. The van der Waals surface area contributed by atoms with Gasteiger partial charge in [-0.05, 0) is 18.6 Å². The van der Waals surface area contributed by atoms with Gasteiger partial charge in [0.05, 0.1) is 24.3 Å². The summed E-state index contributed by atoms with van der Waals surface area (Å²) in [5.74, 6) is -1.98. The summed E-state index contributed by atoms with van der Waals surface area (Å²) in [5, 5.41) is 10.1. The Kier molecular flexibility index (Phi) is 5.54. The second-order valence-electron chi connectivity index (χ2n) is 6.07. The number of nitrogens with zero attached hydrogens (tertiary/aromatic N) is 4. The zero-order valence-corrected chi connectivity index (χ0v) is 15.1. The van der Waals surface area contributed by atoms with Gasteiger partial charge in [0.2, 0.25) is 5.78 Å². The molecule has 0 bridgehead atoms. The van der Waals surface area contributed by atoms with Gasteiger partial charge in [0.1, 0.15) is 17.6 Å². The Morgan fingerprint density at radius 3 is 2.50 bits per heavy atom. The van der Waals surface area contributed by atoms with Gasteiger partial charge in [0.15, 0.2) is 0 Å². The largest absolute Gasteiger partial charge is 0.363 e. The predicted octanol–water partition coefficient (Wildman–Crippen LogP) is 0.366. The molecule has 0 aliphatic heterocycles. The normalized spacial score (nSPS) is 11.6. The summed E-state index contributed by atoms with van der Waals surface area (Å²) in [5.41, 5.74) is 6.73. The van der Waals surface area contributed by atoms with Crippen LogP contribution < -0.4 is 11.1 Å². The molecule has 142 valence electrons. The highest BCUT2D eigenvalue weighted by atomic mass is 16.2. The minimum atomic E-state index is -1.11. The van der Waals surface area contributed by atoms with Gasteiger partial charge in [-0.1, -0.05) is 30.3 Å². The van der Waals surface area contributed by atoms with E-state index < -0.39 is 23.6 Å². The summed E-state index contributed by atoms with van der Waals surface area (Å²) in [7, 11) is 0. The molecule has 0 fully saturated rings. The molecule has 9 heteroatoms. The third-order valence-corrected chi connectivity index (χ3v) is 4.14. The molecule has 3 aromatic rings. The minimum Gasteiger partial charge on any atom is -0.363 e. The zero-order valence-electron chi connectivity index (χ0n) is 15.1. The number of amides is 2. The van der Waals surface area contributed by atoms with Crippen molar-refractivity contribution in [1.29, 1.82) is 0 Å². The van der Waals surface area contributed by atoms with Gasteiger partial charge in [-0.25, -0.2) is 4.98 Å². The van der Waals surface area contributed by atoms with E-state index in [0.717, 1.165) is 5.56 Å². The fraction of sp³-hybridized carbons (Fsp3) is 0.158. The summed E-state index contributed by atoms with van der Waals surface area (Å²) < 4.78 is 1.58. The summed E-state index contributed by atoms with van der Waals surface area (Å²) in [4.78, 5) is 40.7. The van der Waals surface area contributed by atoms with Gasteiger partial charge in [-0.15, -0.1) is 0 Å². The number of benzene rings is 1. The molecule has 28 heavy (non-hydrogen) atoms. The highest BCUT2D eigenvalue weighted by Crippen LogP contribution is 2.14. The van der Waals surface area contributed by atoms with E-state index in [4.69, 9.17) is 5.73 Å². The highest BCUT2D eigenvalue weighted by Gasteiger charge is 2.27. The number of rotatable bonds is 7. The molecule has 9 nitrogen and oxygen atoms in total. The number of imidazole rings is 1. The second-order valence-corrected chi connectivity index (χ2v) is 6.07. The van der Waals surface area contributed by atoms with Crippen molar-refractivity contribution in [1.82, 2.24) is 25.1 Å². The van der Waals surface area contributed by atoms with E-state index in [9.17, 15) is 14.4 Å². The molecule has 3 N–H and O–H groups in total. The Hall–Kier alpha value is -3.88. The number of primary amides is 1. The molecule has 1 atom stereocenters. The van der Waals surface area contributed by atoms with Gasteiger partial charge in [0, 0.05) is 6.42 Å². The number of ketones is 1. The zero-order chi connectivity index (χ0) is 20.1. The topological polar surface area (TPSA) is 133 Å². The van der Waals surface area contributed by atoms with Crippen molar-refractivity contribution < 1.29 is 14.4 Å². The van der Waals surface area contributed by atoms with E-state index in [2.05, 4.69) is 20.5 Å². The van der Waals surface area contributed by atoms with Crippen molar-refractivity contribution >= 4 is 17.6 Å². The Balaban J connectivity index is 1.89. The summed E-state index contributed by atoms with van der Waals surface area (Å²) >= 11 is 0. The van der Waals surface area contributed by atoms with Crippen LogP contribution in [0.2, 0.25) is 0 Å². The number of Topliss-reactive ketones (excluding diaryl/α,β-unsaturated/α-hetero) is 1. The molecular formula is C19H18N6O3. The molecule has 0 spiro atoms. The number of hydrogen-bond donors (Lipinski definition) is 2. The summed E-state index contributed by atoms with van der Waals surface area (Å²) in [6.45, 7) is 1.73. The fourth-order valence-electron chi connectivity index (χ4n) is 2.81. The number of nitrogens with one attached hydrogen (secondary N) is 1. The maximum Gasteiger partial charge on any atom is 0.287 e. The van der Waals surface area contributed by atoms with Gasteiger partial charge in [-0.3, -0.25) is 19.0 Å². The number of aryl methyl sites for hydroxylation is 1. The van der Waals surface area contributed by atoms with Crippen LogP contribution in [0, 0.1) is 6.92 Å². The molecule has 2 heterocycles. The van der Waals surface area contributed by atoms with Crippen LogP contribution in [0.1, 0.15) is 21.9 Å². The van der Waals surface area contributed by atoms with Crippen LogP contribution in [-0.2, 0) is 16.0 Å². The second kappa shape index (κ2) is 8.21. The summed E-state index contributed by atoms with van der Waals surface area (Å²) in [6.07, 6.45) is 4.50. The van der Waals surface area contributed by atoms with Crippen LogP contribution in [-0.4, -0.2) is 43.4 Å². The number of hydrogen-bond acceptors (Lipinski definition) is 6. The fourth-order valence-corrected chi connectivity index (χ4v) is 2.81. The van der Waals surface area contributed by atoms with Crippen molar-refractivity contribution in [2.24, 2.45) is 5.73 Å². The molecule has 0 radical (unpaired) electrons. The van der Waals surface area contributed by atoms with Crippen LogP contribution in [0.4, 0.5) is 0 Å². The van der Waals surface area contributed by atoms with Crippen LogP contribution >= 0.6 is 0 Å². The molecule has 1 aromatic carbocycles. The lowest BCUT2D eigenvalue weighted by atomic mass is 10.0. The first-order chi connectivity index (χ1) is 13.5. The van der Waals surface area contributed by atoms with Crippen molar-refractivity contribution in [3.63, 3.8) is 0 Å². The molecule has 0 saturated heterocycles. The van der Waals surface area contributed by atoms with Crippen molar-refractivity contribution in [2.45, 2.75) is 19.4 Å². The molecule has 2 amide bonds. The quantitative estimate of drug-likeness (QED) is 0.571. The van der Waals surface area contributed by atoms with Crippen LogP contribution in [0.25, 0.3) is 5.69 Å². The molecule has 0 saturated carbocycles. The Morgan fingerprint density at radius 1 is 1.11 bits per heavy atom. The molecular weight excluding hydrogens is 360 g/mol. The maximum absolute atomic E-state index is 12.9. The van der Waals surface area contributed by atoms with Crippen LogP contribution in [0.5, 0.6) is 0 Å². The van der Waals surface area contributed by atoms with Gasteiger partial charge in [0.25, 0.3) is 11.8 Å². The SMILES string of the molecule is Cc1ncc(C(=O)NC(Cc2ccccc2)C(=O)C(N)=O)n1-c1ccnnc1. The van der Waals surface area contributed by atoms with Gasteiger partial charge < -0.3 is 11.1 Å². The third kappa shape index (κ3) is 4.09. The maximum atomic E-state index is 12.9. The molecule has 0 aliphatic carbocycles. The first kappa shape index (κ1) is 18.9. The lowest BCUT2D eigenvalue weighted by Crippen LogP contribution is -2.47. The summed E-state index contributed by atoms with van der Waals surface area (Å²) in [6, 6.07) is 9.61. The smallest absolute Gasteiger partial charge is 0.287 e. The van der Waals surface area contributed by atoms with E-state index in [0.29, 0.717) is 11.5 Å². The van der Waals surface area contributed by atoms with Crippen molar-refractivity contribution in [3.05, 3.63) is 72.1 Å². The van der Waals surface area contributed by atoms with E-state index in [-0.39, 0.29) is 12.1 Å². The Morgan fingerprint density at radius 2 is 1.86 bits per heavy atom. The highest BCUT2D eigenvalue weighted by molar-refractivity contribution is 6.38. The Labute approximate surface area is 160 Å². The van der Waals surface area contributed by atoms with Crippen molar-refractivity contribution in [3.8, 4) is 5.69 Å². The van der Waals surface area contributed by atoms with E-state index in [1.165, 1.54) is 18.6 Å². The standard InChI is InChI=1S/C19H18N6O3/c1-12-21-11-16(25(12)14-7-8-22-23-10-14)19(28)24-15(17(26)18(20)27)9-13-5-3-2-4-6-13/h2-8,10-11,15H,9H2,1H3,(H2,20,27)(H,24,28). The average Bonchev–Trinajstić information content (AvgIpc) is 3.09. The van der Waals surface area contributed by atoms with Gasteiger partial charge in [-0.2, -0.15) is 10.2 Å². The number of carbonyl (C=O) groups excluding carboxylic acids is 3. The number of aromatic nitrogens is 4. The monoisotopic (exact) mass is 378 g/mol. The Bertz CT molecular complexity index is 1000. The molecule has 3 rings (SSSR count). The number of carbonyl (C=O) groups is 3. The number of nitrogens with two attached hydrogens (primary N) is 1. The van der Waals surface area contributed by atoms with Gasteiger partial charge >= 0.3 is 0 Å². The lowest BCUT2D eigenvalue weighted by Gasteiger charge is -2.17. The average molecular weight is 378 g/mol.